The molecule has 1 fully saturated rings. The second kappa shape index (κ2) is 4.86. The van der Waals surface area contributed by atoms with Gasteiger partial charge < -0.3 is 5.32 Å². The van der Waals surface area contributed by atoms with Crippen LogP contribution < -0.4 is 5.32 Å². The van der Waals surface area contributed by atoms with Crippen LogP contribution in [0.15, 0.2) is 24.3 Å². The number of hydrogen-bond acceptors (Lipinski definition) is 4. The minimum Gasteiger partial charge on any atom is -0.313 e. The molecule has 1 aliphatic heterocycles. The van der Waals surface area contributed by atoms with Gasteiger partial charge in [-0.15, -0.1) is 0 Å². The summed E-state index contributed by atoms with van der Waals surface area (Å²) in [7, 11) is 1.94. The van der Waals surface area contributed by atoms with Crippen molar-refractivity contribution in [1.29, 1.82) is 5.26 Å². The molecule has 0 spiro atoms. The summed E-state index contributed by atoms with van der Waals surface area (Å²) in [6, 6.07) is 9.89. The molecule has 3 rings (SSSR count). The second-order valence-electron chi connectivity index (χ2n) is 5.80. The van der Waals surface area contributed by atoms with Gasteiger partial charge in [0.15, 0.2) is 0 Å². The zero-order valence-corrected chi connectivity index (χ0v) is 12.1. The van der Waals surface area contributed by atoms with Gasteiger partial charge >= 0.3 is 0 Å². The summed E-state index contributed by atoms with van der Waals surface area (Å²) in [6.07, 6.45) is 1.35. The van der Waals surface area contributed by atoms with Crippen LogP contribution in [0.25, 0.3) is 10.9 Å². The minimum atomic E-state index is -0.320. The number of likely N-dealkylation sites (tertiary alicyclic amines) is 1. The highest BCUT2D eigenvalue weighted by Crippen LogP contribution is 2.36. The maximum absolute atomic E-state index is 11.0. The molecule has 6 heteroatoms. The number of amides is 1. The quantitative estimate of drug-likeness (QED) is 0.867. The topological polar surface area (TPSA) is 74.0 Å². The van der Waals surface area contributed by atoms with Gasteiger partial charge in [0.05, 0.1) is 23.2 Å². The van der Waals surface area contributed by atoms with E-state index in [2.05, 4.69) is 23.4 Å². The molecule has 1 aliphatic rings. The minimum absolute atomic E-state index is 0.133. The first kappa shape index (κ1) is 13.6. The molecular formula is C15H17N5O. The first-order chi connectivity index (χ1) is 10.1. The average Bonchev–Trinajstić information content (AvgIpc) is 2.99. The van der Waals surface area contributed by atoms with Crippen molar-refractivity contribution >= 4 is 23.1 Å². The zero-order chi connectivity index (χ0) is 15.0. The summed E-state index contributed by atoms with van der Waals surface area (Å²) in [5.41, 5.74) is 0.519. The number of likely N-dealkylation sites (N-methyl/N-ethyl adjacent to an activating group) is 1. The fourth-order valence-corrected chi connectivity index (χ4v) is 3.20. The van der Waals surface area contributed by atoms with E-state index in [1.807, 2.05) is 40.9 Å². The van der Waals surface area contributed by atoms with Crippen LogP contribution in [-0.2, 0) is 10.3 Å². The number of nitrogens with zero attached hydrogens (tertiary/aromatic N) is 4. The van der Waals surface area contributed by atoms with Crippen molar-refractivity contribution in [3.8, 4) is 6.07 Å². The van der Waals surface area contributed by atoms with Gasteiger partial charge in [0.2, 0.25) is 6.41 Å². The Morgan fingerprint density at radius 1 is 1.52 bits per heavy atom. The average molecular weight is 283 g/mol. The molecule has 0 saturated carbocycles. The molecule has 0 aliphatic carbocycles. The van der Waals surface area contributed by atoms with Crippen molar-refractivity contribution < 1.29 is 4.79 Å². The molecule has 1 aromatic carbocycles. The van der Waals surface area contributed by atoms with E-state index in [-0.39, 0.29) is 11.6 Å². The Bertz CT molecular complexity index is 731. The lowest BCUT2D eigenvalue weighted by molar-refractivity contribution is -0.105. The molecule has 21 heavy (non-hydrogen) atoms. The van der Waals surface area contributed by atoms with Gasteiger partial charge in [0.25, 0.3) is 0 Å². The van der Waals surface area contributed by atoms with Gasteiger partial charge in [-0.05, 0) is 26.1 Å². The molecule has 6 nitrogen and oxygen atoms in total. The van der Waals surface area contributed by atoms with E-state index in [9.17, 15) is 10.1 Å². The van der Waals surface area contributed by atoms with Gasteiger partial charge in [0.1, 0.15) is 5.82 Å². The fraction of sp³-hybridized carbons (Fsp3) is 0.400. The maximum Gasteiger partial charge on any atom is 0.212 e. The molecule has 0 bridgehead atoms. The highest BCUT2D eigenvalue weighted by Gasteiger charge is 2.42. The highest BCUT2D eigenvalue weighted by atomic mass is 16.1. The van der Waals surface area contributed by atoms with Crippen LogP contribution >= 0.6 is 0 Å². The van der Waals surface area contributed by atoms with Crippen LogP contribution in [-0.4, -0.2) is 40.7 Å². The van der Waals surface area contributed by atoms with Crippen LogP contribution in [0.1, 0.15) is 13.3 Å². The third-order valence-electron chi connectivity index (χ3n) is 4.19. The number of carbonyl (C=O) groups excluding carboxylic acids is 1. The van der Waals surface area contributed by atoms with E-state index in [1.54, 1.807) is 0 Å². The van der Waals surface area contributed by atoms with E-state index in [1.165, 1.54) is 0 Å². The molecule has 2 unspecified atom stereocenters. The lowest BCUT2D eigenvalue weighted by Crippen LogP contribution is -2.34. The summed E-state index contributed by atoms with van der Waals surface area (Å²) >= 11 is 0. The van der Waals surface area contributed by atoms with E-state index < -0.39 is 0 Å². The molecule has 2 atom stereocenters. The largest absolute Gasteiger partial charge is 0.313 e. The standard InChI is InChI=1S/C15H17N5O/c1-15(7-11(8-16)19(2)9-15)20-14(17-10-21)12-5-3-4-6-13(12)18-20/h3-6,10-11H,7,9H2,1-2H3,(H,17,21). The van der Waals surface area contributed by atoms with Crippen LogP contribution in [0.2, 0.25) is 0 Å². The third kappa shape index (κ3) is 2.06. The first-order valence-corrected chi connectivity index (χ1v) is 6.87. The number of rotatable bonds is 3. The van der Waals surface area contributed by atoms with Crippen LogP contribution in [0, 0.1) is 11.3 Å². The summed E-state index contributed by atoms with van der Waals surface area (Å²) in [5, 5.41) is 17.6. The Labute approximate surface area is 122 Å². The number of aromatic nitrogens is 2. The molecule has 1 N–H and O–H groups in total. The normalized spacial score (nSPS) is 25.9. The Kier molecular flexibility index (Phi) is 3.15. The molecule has 108 valence electrons. The second-order valence-corrected chi connectivity index (χ2v) is 5.80. The number of nitrogens with one attached hydrogen (secondary N) is 1. The fourth-order valence-electron chi connectivity index (χ4n) is 3.20. The summed E-state index contributed by atoms with van der Waals surface area (Å²) in [6.45, 7) is 2.79. The van der Waals surface area contributed by atoms with Gasteiger partial charge in [-0.3, -0.25) is 9.69 Å². The van der Waals surface area contributed by atoms with Crippen molar-refractivity contribution in [2.45, 2.75) is 24.9 Å². The number of anilines is 1. The molecule has 1 saturated heterocycles. The Morgan fingerprint density at radius 3 is 2.95 bits per heavy atom. The summed E-state index contributed by atoms with van der Waals surface area (Å²) < 4.78 is 1.86. The van der Waals surface area contributed by atoms with Crippen molar-refractivity contribution in [2.24, 2.45) is 0 Å². The smallest absolute Gasteiger partial charge is 0.212 e. The van der Waals surface area contributed by atoms with Crippen molar-refractivity contribution in [1.82, 2.24) is 14.7 Å². The predicted octanol–water partition coefficient (Wildman–Crippen LogP) is 1.55. The van der Waals surface area contributed by atoms with Crippen LogP contribution in [0.5, 0.6) is 0 Å². The predicted molar refractivity (Wildman–Crippen MR) is 79.7 cm³/mol. The molecular weight excluding hydrogens is 266 g/mol. The molecule has 1 amide bonds. The van der Waals surface area contributed by atoms with Gasteiger partial charge in [-0.2, -0.15) is 10.4 Å². The number of hydrogen-bond donors (Lipinski definition) is 1. The highest BCUT2D eigenvalue weighted by molar-refractivity contribution is 5.94. The van der Waals surface area contributed by atoms with Crippen LogP contribution in [0.3, 0.4) is 0 Å². The van der Waals surface area contributed by atoms with Crippen molar-refractivity contribution in [3.05, 3.63) is 24.3 Å². The van der Waals surface area contributed by atoms with Crippen molar-refractivity contribution in [3.63, 3.8) is 0 Å². The SMILES string of the molecule is CN1CC(C)(n2nc3ccccc3c2NC=O)CC1C#N. The van der Waals surface area contributed by atoms with E-state index in [0.29, 0.717) is 25.2 Å². The Morgan fingerprint density at radius 2 is 2.29 bits per heavy atom. The van der Waals surface area contributed by atoms with Gasteiger partial charge in [-0.25, -0.2) is 4.68 Å². The molecule has 2 heterocycles. The van der Waals surface area contributed by atoms with E-state index >= 15 is 0 Å². The lowest BCUT2D eigenvalue weighted by Gasteiger charge is -2.26. The Hall–Kier alpha value is -2.39. The number of benzene rings is 1. The third-order valence-corrected chi connectivity index (χ3v) is 4.19. The summed E-state index contributed by atoms with van der Waals surface area (Å²) in [4.78, 5) is 13.0. The zero-order valence-electron chi connectivity index (χ0n) is 12.1. The lowest BCUT2D eigenvalue weighted by atomic mass is 9.99. The first-order valence-electron chi connectivity index (χ1n) is 6.87. The Balaban J connectivity index is 2.14. The van der Waals surface area contributed by atoms with Gasteiger partial charge in [0, 0.05) is 18.4 Å². The molecule has 1 aromatic heterocycles. The maximum atomic E-state index is 11.0. The number of nitriles is 1. The van der Waals surface area contributed by atoms with Gasteiger partial charge in [-0.1, -0.05) is 12.1 Å². The number of carbonyl (C=O) groups is 1. The number of fused-ring (bicyclic) bond motifs is 1. The summed E-state index contributed by atoms with van der Waals surface area (Å²) in [5.74, 6) is 0.690. The van der Waals surface area contributed by atoms with E-state index in [0.717, 1.165) is 10.9 Å². The van der Waals surface area contributed by atoms with Crippen LogP contribution in [0.4, 0.5) is 5.82 Å². The van der Waals surface area contributed by atoms with E-state index in [4.69, 9.17) is 0 Å². The molecule has 2 aromatic rings. The monoisotopic (exact) mass is 283 g/mol. The molecule has 0 radical (unpaired) electrons. The van der Waals surface area contributed by atoms with Crippen molar-refractivity contribution in [2.75, 3.05) is 18.9 Å².